The van der Waals surface area contributed by atoms with Crippen molar-refractivity contribution in [1.29, 1.82) is 0 Å². The van der Waals surface area contributed by atoms with E-state index in [9.17, 15) is 14.7 Å². The third-order valence-corrected chi connectivity index (χ3v) is 5.21. The van der Waals surface area contributed by atoms with Crippen molar-refractivity contribution in [3.8, 4) is 0 Å². The number of amides is 1. The van der Waals surface area contributed by atoms with Crippen molar-refractivity contribution in [1.82, 2.24) is 0 Å². The first kappa shape index (κ1) is 17.7. The molecule has 1 fully saturated rings. The maximum atomic E-state index is 12.8. The monoisotopic (exact) mass is 389 g/mol. The maximum absolute atomic E-state index is 12.8. The summed E-state index contributed by atoms with van der Waals surface area (Å²) in [5.74, 6) is -1.32. The van der Waals surface area contributed by atoms with Crippen molar-refractivity contribution in [2.24, 2.45) is 0 Å². The summed E-state index contributed by atoms with van der Waals surface area (Å²) in [4.78, 5) is 25.9. The molecule has 0 radical (unpaired) electrons. The van der Waals surface area contributed by atoms with Crippen LogP contribution >= 0.6 is 35.6 Å². The van der Waals surface area contributed by atoms with Crippen molar-refractivity contribution < 1.29 is 14.7 Å². The summed E-state index contributed by atoms with van der Waals surface area (Å²) in [6, 6.07) is 11.7. The molecular weight excluding hydrogens is 378 g/mol. The first-order valence-electron chi connectivity index (χ1n) is 7.24. The summed E-state index contributed by atoms with van der Waals surface area (Å²) in [5.41, 5.74) is 2.20. The minimum absolute atomic E-state index is 0.108. The molecule has 1 heterocycles. The molecule has 25 heavy (non-hydrogen) atoms. The van der Waals surface area contributed by atoms with Crippen molar-refractivity contribution in [3.05, 3.63) is 69.1 Å². The fraction of sp³-hybridized carbons (Fsp3) is 0.0556. The predicted octanol–water partition coefficient (Wildman–Crippen LogP) is 4.75. The molecule has 0 atom stereocenters. The molecule has 3 rings (SSSR count). The predicted molar refractivity (Wildman–Crippen MR) is 105 cm³/mol. The molecule has 1 aliphatic heterocycles. The van der Waals surface area contributed by atoms with Crippen LogP contribution in [-0.2, 0) is 4.79 Å². The molecule has 4 nitrogen and oxygen atoms in total. The Labute approximate surface area is 159 Å². The molecule has 1 N–H and O–H groups in total. The number of thiocarbonyl (C=S) groups is 1. The van der Waals surface area contributed by atoms with E-state index in [1.807, 2.05) is 19.1 Å². The molecule has 2 aromatic rings. The fourth-order valence-electron chi connectivity index (χ4n) is 2.37. The van der Waals surface area contributed by atoms with Crippen LogP contribution in [0.2, 0.25) is 5.02 Å². The minimum Gasteiger partial charge on any atom is -0.478 e. The average Bonchev–Trinajstić information content (AvgIpc) is 2.84. The zero-order valence-electron chi connectivity index (χ0n) is 13.0. The van der Waals surface area contributed by atoms with Gasteiger partial charge in [-0.05, 0) is 48.4 Å². The number of hydrogen-bond donors (Lipinski definition) is 1. The van der Waals surface area contributed by atoms with Crippen LogP contribution in [0.15, 0.2) is 47.4 Å². The Hall–Kier alpha value is -2.15. The van der Waals surface area contributed by atoms with Gasteiger partial charge in [-0.3, -0.25) is 9.69 Å². The van der Waals surface area contributed by atoms with Gasteiger partial charge in [0.25, 0.3) is 5.91 Å². The average molecular weight is 390 g/mol. The number of carbonyl (C=O) groups excluding carboxylic acids is 1. The van der Waals surface area contributed by atoms with Crippen molar-refractivity contribution in [3.63, 3.8) is 0 Å². The molecule has 0 aliphatic carbocycles. The Morgan fingerprint density at radius 1 is 1.24 bits per heavy atom. The van der Waals surface area contributed by atoms with E-state index in [1.165, 1.54) is 28.8 Å². The van der Waals surface area contributed by atoms with Crippen molar-refractivity contribution in [2.75, 3.05) is 4.90 Å². The molecule has 7 heteroatoms. The second-order valence-electron chi connectivity index (χ2n) is 5.38. The van der Waals surface area contributed by atoms with E-state index in [4.69, 9.17) is 23.8 Å². The highest BCUT2D eigenvalue weighted by atomic mass is 35.5. The number of nitrogens with zero attached hydrogens (tertiary/aromatic N) is 1. The van der Waals surface area contributed by atoms with E-state index in [2.05, 4.69) is 0 Å². The summed E-state index contributed by atoms with van der Waals surface area (Å²) in [6.45, 7) is 1.81. The lowest BCUT2D eigenvalue weighted by Crippen LogP contribution is -2.28. The second-order valence-corrected chi connectivity index (χ2v) is 7.49. The van der Waals surface area contributed by atoms with Gasteiger partial charge < -0.3 is 5.11 Å². The third-order valence-electron chi connectivity index (χ3n) is 3.66. The number of rotatable bonds is 3. The first-order chi connectivity index (χ1) is 11.9. The van der Waals surface area contributed by atoms with Gasteiger partial charge in [0.1, 0.15) is 0 Å². The van der Waals surface area contributed by atoms with Crippen LogP contribution in [0.5, 0.6) is 0 Å². The fourth-order valence-corrected chi connectivity index (χ4v) is 3.78. The lowest BCUT2D eigenvalue weighted by molar-refractivity contribution is -0.113. The van der Waals surface area contributed by atoms with Crippen LogP contribution in [0.25, 0.3) is 6.08 Å². The van der Waals surface area contributed by atoms with Gasteiger partial charge in [-0.25, -0.2) is 4.79 Å². The Morgan fingerprint density at radius 3 is 2.56 bits per heavy atom. The van der Waals surface area contributed by atoms with Crippen LogP contribution in [0.3, 0.4) is 0 Å². The molecule has 1 saturated heterocycles. The molecule has 126 valence electrons. The van der Waals surface area contributed by atoms with Crippen LogP contribution in [-0.4, -0.2) is 21.3 Å². The van der Waals surface area contributed by atoms with E-state index in [1.54, 1.807) is 24.3 Å². The van der Waals surface area contributed by atoms with Crippen molar-refractivity contribution in [2.45, 2.75) is 6.92 Å². The molecule has 0 unspecified atom stereocenters. The topological polar surface area (TPSA) is 57.6 Å². The van der Waals surface area contributed by atoms with Crippen LogP contribution in [0.4, 0.5) is 5.69 Å². The normalized spacial score (nSPS) is 15.9. The number of halogens is 1. The van der Waals surface area contributed by atoms with Crippen LogP contribution in [0.1, 0.15) is 21.5 Å². The first-order valence-corrected chi connectivity index (χ1v) is 8.84. The number of aryl methyl sites for hydroxylation is 1. The van der Waals surface area contributed by atoms with Gasteiger partial charge >= 0.3 is 5.97 Å². The summed E-state index contributed by atoms with van der Waals surface area (Å²) in [7, 11) is 0. The van der Waals surface area contributed by atoms with Gasteiger partial charge in [0, 0.05) is 5.02 Å². The number of carboxylic acid groups (broad SMARTS) is 1. The lowest BCUT2D eigenvalue weighted by atomic mass is 10.1. The highest BCUT2D eigenvalue weighted by molar-refractivity contribution is 8.27. The lowest BCUT2D eigenvalue weighted by Gasteiger charge is -2.17. The highest BCUT2D eigenvalue weighted by Gasteiger charge is 2.34. The zero-order chi connectivity index (χ0) is 18.1. The molecule has 0 spiro atoms. The SMILES string of the molecule is Cc1ccc(C(=O)O)cc1N1C(=O)/C(=C/c2ccc(Cl)cc2)SC1=S. The van der Waals surface area contributed by atoms with Gasteiger partial charge in [-0.2, -0.15) is 0 Å². The van der Waals surface area contributed by atoms with Gasteiger partial charge in [0.2, 0.25) is 0 Å². The number of thioether (sulfide) groups is 1. The number of carboxylic acids is 1. The zero-order valence-corrected chi connectivity index (χ0v) is 15.4. The summed E-state index contributed by atoms with van der Waals surface area (Å²) in [6.07, 6.45) is 1.74. The molecular formula is C18H12ClNO3S2. The number of aromatic carboxylic acids is 1. The van der Waals surface area contributed by atoms with E-state index in [0.29, 0.717) is 19.9 Å². The third kappa shape index (κ3) is 3.61. The van der Waals surface area contributed by atoms with Crippen LogP contribution in [0, 0.1) is 6.92 Å². The number of carbonyl (C=O) groups is 2. The summed E-state index contributed by atoms with van der Waals surface area (Å²) in [5, 5.41) is 9.80. The van der Waals surface area contributed by atoms with E-state index >= 15 is 0 Å². The van der Waals surface area contributed by atoms with Crippen LogP contribution < -0.4 is 4.90 Å². The van der Waals surface area contributed by atoms with E-state index < -0.39 is 5.97 Å². The Morgan fingerprint density at radius 2 is 1.92 bits per heavy atom. The van der Waals surface area contributed by atoms with E-state index in [-0.39, 0.29) is 11.5 Å². The molecule has 2 aromatic carbocycles. The Kier molecular flexibility index (Phi) is 4.94. The quantitative estimate of drug-likeness (QED) is 0.606. The van der Waals surface area contributed by atoms with Gasteiger partial charge in [-0.15, -0.1) is 0 Å². The highest BCUT2D eigenvalue weighted by Crippen LogP contribution is 2.37. The largest absolute Gasteiger partial charge is 0.478 e. The molecule has 0 aromatic heterocycles. The summed E-state index contributed by atoms with van der Waals surface area (Å²) < 4.78 is 0.371. The van der Waals surface area contributed by atoms with Gasteiger partial charge in [0.05, 0.1) is 16.2 Å². The standard InChI is InChI=1S/C18H12ClNO3S2/c1-10-2-5-12(17(22)23)9-14(10)20-16(21)15(25-18(20)24)8-11-3-6-13(19)7-4-11/h2-9H,1H3,(H,22,23)/b15-8-. The number of hydrogen-bond acceptors (Lipinski definition) is 4. The number of anilines is 1. The van der Waals surface area contributed by atoms with E-state index in [0.717, 1.165) is 11.1 Å². The molecule has 0 bridgehead atoms. The van der Waals surface area contributed by atoms with Gasteiger partial charge in [-0.1, -0.05) is 53.8 Å². The second kappa shape index (κ2) is 7.00. The summed E-state index contributed by atoms with van der Waals surface area (Å²) >= 11 is 12.4. The maximum Gasteiger partial charge on any atom is 0.335 e. The van der Waals surface area contributed by atoms with Crippen molar-refractivity contribution >= 4 is 63.5 Å². The Balaban J connectivity index is 1.98. The Bertz CT molecular complexity index is 922. The van der Waals surface area contributed by atoms with Gasteiger partial charge in [0.15, 0.2) is 4.32 Å². The number of benzene rings is 2. The molecule has 0 saturated carbocycles. The smallest absolute Gasteiger partial charge is 0.335 e. The minimum atomic E-state index is -1.05. The molecule has 1 amide bonds. The molecule has 1 aliphatic rings.